The molecule has 2 N–H and O–H groups in total. The van der Waals surface area contributed by atoms with Crippen molar-refractivity contribution in [3.8, 4) is 0 Å². The maximum atomic E-state index is 13.6. The number of halogens is 1. The zero-order valence-electron chi connectivity index (χ0n) is 13.1. The molecule has 1 fully saturated rings. The first-order chi connectivity index (χ1) is 11.5. The van der Waals surface area contributed by atoms with E-state index in [4.69, 9.17) is 0 Å². The number of anilines is 1. The largest absolute Gasteiger partial charge is 0.477 e. The van der Waals surface area contributed by atoms with Gasteiger partial charge in [-0.15, -0.1) is 6.58 Å². The number of carboxylic acid groups (broad SMARTS) is 1. The van der Waals surface area contributed by atoms with Crippen molar-refractivity contribution in [2.75, 3.05) is 31.1 Å². The third kappa shape index (κ3) is 2.67. The second-order valence-corrected chi connectivity index (χ2v) is 5.63. The van der Waals surface area contributed by atoms with Crippen molar-refractivity contribution in [2.24, 2.45) is 0 Å². The van der Waals surface area contributed by atoms with E-state index in [1.54, 1.807) is 10.6 Å². The van der Waals surface area contributed by atoms with Gasteiger partial charge >= 0.3 is 5.97 Å². The summed E-state index contributed by atoms with van der Waals surface area (Å²) >= 11 is 0. The minimum Gasteiger partial charge on any atom is -0.477 e. The molecule has 0 atom stereocenters. The number of piperazine rings is 1. The van der Waals surface area contributed by atoms with Gasteiger partial charge in [0.1, 0.15) is 17.2 Å². The van der Waals surface area contributed by atoms with Crippen molar-refractivity contribution in [1.29, 1.82) is 0 Å². The van der Waals surface area contributed by atoms with E-state index in [0.717, 1.165) is 6.07 Å². The topological polar surface area (TPSA) is 74.6 Å². The molecule has 24 heavy (non-hydrogen) atoms. The van der Waals surface area contributed by atoms with Gasteiger partial charge in [0.05, 0.1) is 5.52 Å². The number of carbonyl (C=O) groups is 1. The van der Waals surface area contributed by atoms with Gasteiger partial charge in [-0.1, -0.05) is 6.08 Å². The highest BCUT2D eigenvalue weighted by molar-refractivity contribution is 5.98. The zero-order chi connectivity index (χ0) is 17.3. The molecule has 1 aliphatic heterocycles. The number of nitrogens with one attached hydrogen (secondary N) is 1. The Balaban J connectivity index is 2.41. The highest BCUT2D eigenvalue weighted by Gasteiger charge is 2.26. The number of hydrogen-bond acceptors (Lipinski definition) is 4. The van der Waals surface area contributed by atoms with Gasteiger partial charge in [0, 0.05) is 38.1 Å². The monoisotopic (exact) mass is 331 g/mol. The summed E-state index contributed by atoms with van der Waals surface area (Å²) in [6, 6.07) is 3.86. The predicted molar refractivity (Wildman–Crippen MR) is 90.4 cm³/mol. The maximum Gasteiger partial charge on any atom is 0.343 e. The predicted octanol–water partition coefficient (Wildman–Crippen LogP) is 1.43. The average molecular weight is 331 g/mol. The molecule has 126 valence electrons. The van der Waals surface area contributed by atoms with E-state index < -0.39 is 17.2 Å². The molecular weight excluding hydrogens is 313 g/mol. The van der Waals surface area contributed by atoms with Crippen molar-refractivity contribution in [3.05, 3.63) is 52.5 Å². The smallest absolute Gasteiger partial charge is 0.343 e. The molecule has 0 radical (unpaired) electrons. The SMILES string of the molecule is C=CCn1c(N2CCNCC2)c(C(=O)O)c(=O)c2cc(F)ccc21. The van der Waals surface area contributed by atoms with Crippen LogP contribution in [0.2, 0.25) is 0 Å². The number of aromatic carboxylic acids is 1. The van der Waals surface area contributed by atoms with Gasteiger partial charge in [-0.3, -0.25) is 4.79 Å². The molecule has 0 unspecified atom stereocenters. The molecule has 0 amide bonds. The highest BCUT2D eigenvalue weighted by Crippen LogP contribution is 2.25. The molecule has 0 saturated carbocycles. The number of pyridine rings is 1. The van der Waals surface area contributed by atoms with E-state index in [0.29, 0.717) is 44.1 Å². The Kier molecular flexibility index (Phi) is 4.35. The number of nitrogens with zero attached hydrogens (tertiary/aromatic N) is 2. The van der Waals surface area contributed by atoms with Crippen molar-refractivity contribution in [3.63, 3.8) is 0 Å². The lowest BCUT2D eigenvalue weighted by atomic mass is 10.1. The van der Waals surface area contributed by atoms with Gasteiger partial charge in [0.15, 0.2) is 0 Å². The third-order valence-corrected chi connectivity index (χ3v) is 4.14. The molecule has 2 aromatic rings. The number of carboxylic acids is 1. The van der Waals surface area contributed by atoms with Crippen molar-refractivity contribution >= 4 is 22.7 Å². The Morgan fingerprint density at radius 1 is 1.38 bits per heavy atom. The summed E-state index contributed by atoms with van der Waals surface area (Å²) < 4.78 is 15.3. The molecule has 7 heteroatoms. The first-order valence-electron chi connectivity index (χ1n) is 7.70. The number of fused-ring (bicyclic) bond motifs is 1. The van der Waals surface area contributed by atoms with Gasteiger partial charge in [-0.2, -0.15) is 0 Å². The van der Waals surface area contributed by atoms with E-state index in [1.165, 1.54) is 12.1 Å². The van der Waals surface area contributed by atoms with E-state index in [2.05, 4.69) is 11.9 Å². The Morgan fingerprint density at radius 3 is 2.71 bits per heavy atom. The molecule has 0 aliphatic carbocycles. The molecule has 6 nitrogen and oxygen atoms in total. The summed E-state index contributed by atoms with van der Waals surface area (Å²) in [5.74, 6) is -1.53. The fourth-order valence-corrected chi connectivity index (χ4v) is 3.12. The van der Waals surface area contributed by atoms with Crippen LogP contribution in [-0.4, -0.2) is 41.8 Å². The molecule has 2 heterocycles. The van der Waals surface area contributed by atoms with Crippen LogP contribution in [0.25, 0.3) is 10.9 Å². The highest BCUT2D eigenvalue weighted by atomic mass is 19.1. The molecule has 1 saturated heterocycles. The number of benzene rings is 1. The molecule has 1 aromatic carbocycles. The molecule has 1 aromatic heterocycles. The van der Waals surface area contributed by atoms with Crippen molar-refractivity contribution < 1.29 is 14.3 Å². The van der Waals surface area contributed by atoms with Crippen LogP contribution in [0, 0.1) is 5.82 Å². The second-order valence-electron chi connectivity index (χ2n) is 5.63. The van der Waals surface area contributed by atoms with Gasteiger partial charge in [0.2, 0.25) is 5.43 Å². The van der Waals surface area contributed by atoms with Gasteiger partial charge in [-0.05, 0) is 18.2 Å². The summed E-state index contributed by atoms with van der Waals surface area (Å²) in [6.45, 7) is 6.60. The van der Waals surface area contributed by atoms with Crippen LogP contribution >= 0.6 is 0 Å². The van der Waals surface area contributed by atoms with E-state index in [-0.39, 0.29) is 10.9 Å². The Morgan fingerprint density at radius 2 is 2.08 bits per heavy atom. The summed E-state index contributed by atoms with van der Waals surface area (Å²) in [7, 11) is 0. The van der Waals surface area contributed by atoms with Gasteiger partial charge in [-0.25, -0.2) is 9.18 Å². The Bertz CT molecular complexity index is 869. The lowest BCUT2D eigenvalue weighted by Gasteiger charge is -2.33. The molecular formula is C17H18FN3O3. The number of hydrogen-bond donors (Lipinski definition) is 2. The molecule has 0 spiro atoms. The first kappa shape index (κ1) is 16.2. The summed E-state index contributed by atoms with van der Waals surface area (Å²) in [5.41, 5.74) is -0.484. The van der Waals surface area contributed by atoms with Crippen LogP contribution in [0.15, 0.2) is 35.6 Å². The minimum absolute atomic E-state index is 0.0631. The number of aromatic nitrogens is 1. The van der Waals surface area contributed by atoms with Crippen LogP contribution < -0.4 is 15.6 Å². The second kappa shape index (κ2) is 6.45. The van der Waals surface area contributed by atoms with Crippen molar-refractivity contribution in [2.45, 2.75) is 6.54 Å². The summed E-state index contributed by atoms with van der Waals surface area (Å²) in [5, 5.41) is 12.9. The lowest BCUT2D eigenvalue weighted by Crippen LogP contribution is -2.46. The van der Waals surface area contributed by atoms with Gasteiger partial charge < -0.3 is 19.9 Å². The van der Waals surface area contributed by atoms with Crippen molar-refractivity contribution in [1.82, 2.24) is 9.88 Å². The van der Waals surface area contributed by atoms with Crippen LogP contribution in [0.3, 0.4) is 0 Å². The maximum absolute atomic E-state index is 13.6. The van der Waals surface area contributed by atoms with E-state index >= 15 is 0 Å². The fraction of sp³-hybridized carbons (Fsp3) is 0.294. The standard InChI is InChI=1S/C17H18FN3O3/c1-2-7-21-13-4-3-11(18)10-12(13)15(22)14(17(23)24)16(21)20-8-5-19-6-9-20/h2-4,10,19H,1,5-9H2,(H,23,24). The van der Waals surface area contributed by atoms with Crippen LogP contribution in [0.5, 0.6) is 0 Å². The molecule has 1 aliphatic rings. The average Bonchev–Trinajstić information content (AvgIpc) is 2.57. The Hall–Kier alpha value is -2.67. The van der Waals surface area contributed by atoms with E-state index in [9.17, 15) is 19.1 Å². The summed E-state index contributed by atoms with van der Waals surface area (Å²) in [4.78, 5) is 26.4. The Labute approximate surface area is 137 Å². The number of rotatable bonds is 4. The summed E-state index contributed by atoms with van der Waals surface area (Å²) in [6.07, 6.45) is 1.63. The minimum atomic E-state index is -1.31. The fourth-order valence-electron chi connectivity index (χ4n) is 3.12. The quantitative estimate of drug-likeness (QED) is 0.829. The van der Waals surface area contributed by atoms with Crippen LogP contribution in [-0.2, 0) is 6.54 Å². The number of allylic oxidation sites excluding steroid dienone is 1. The lowest BCUT2D eigenvalue weighted by molar-refractivity contribution is 0.0695. The van der Waals surface area contributed by atoms with Gasteiger partial charge in [0.25, 0.3) is 0 Å². The van der Waals surface area contributed by atoms with E-state index in [1.807, 2.05) is 4.90 Å². The third-order valence-electron chi connectivity index (χ3n) is 4.14. The molecule has 3 rings (SSSR count). The normalized spacial score (nSPS) is 14.8. The van der Waals surface area contributed by atoms with Crippen LogP contribution in [0.4, 0.5) is 10.2 Å². The zero-order valence-corrected chi connectivity index (χ0v) is 13.1. The molecule has 0 bridgehead atoms. The van der Waals surface area contributed by atoms with Crippen LogP contribution in [0.1, 0.15) is 10.4 Å². The first-order valence-corrected chi connectivity index (χ1v) is 7.70.